The lowest BCUT2D eigenvalue weighted by molar-refractivity contribution is 0.567. The summed E-state index contributed by atoms with van der Waals surface area (Å²) in [6.45, 7) is 8.11. The molecule has 0 spiro atoms. The highest BCUT2D eigenvalue weighted by molar-refractivity contribution is 6.31. The molecule has 0 aliphatic rings. The molecule has 0 saturated heterocycles. The maximum Gasteiger partial charge on any atom is 0.142 e. The van der Waals surface area contributed by atoms with Crippen LogP contribution in [-0.2, 0) is 11.8 Å². The molecule has 0 heterocycles. The van der Waals surface area contributed by atoms with Crippen molar-refractivity contribution in [2.75, 3.05) is 0 Å². The second-order valence-corrected chi connectivity index (χ2v) is 6.44. The monoisotopic (exact) mass is 271 g/mol. The van der Waals surface area contributed by atoms with Gasteiger partial charge in [-0.15, -0.1) is 0 Å². The lowest BCUT2D eigenvalue weighted by Crippen LogP contribution is -2.15. The summed E-state index contributed by atoms with van der Waals surface area (Å²) in [6, 6.07) is 3.76. The van der Waals surface area contributed by atoms with Gasteiger partial charge in [-0.2, -0.15) is 0 Å². The Morgan fingerprint density at radius 3 is 2.44 bits per heavy atom. The maximum atomic E-state index is 13.8. The fourth-order valence-electron chi connectivity index (χ4n) is 1.96. The second-order valence-electron chi connectivity index (χ2n) is 6.06. The predicted molar refractivity (Wildman–Crippen MR) is 76.7 cm³/mol. The van der Waals surface area contributed by atoms with E-state index in [1.807, 2.05) is 33.8 Å². The SMILES string of the molecule is C[C@H](N)CCCc1cc(F)c(Cl)c(C(C)(C)C)c1. The van der Waals surface area contributed by atoms with Gasteiger partial charge in [-0.05, 0) is 48.8 Å². The summed E-state index contributed by atoms with van der Waals surface area (Å²) >= 11 is 6.04. The molecule has 0 saturated carbocycles. The van der Waals surface area contributed by atoms with Crippen LogP contribution >= 0.6 is 11.6 Å². The first-order chi connectivity index (χ1) is 8.21. The first-order valence-corrected chi connectivity index (χ1v) is 6.83. The highest BCUT2D eigenvalue weighted by Gasteiger charge is 2.20. The third-order valence-electron chi connectivity index (χ3n) is 3.02. The lowest BCUT2D eigenvalue weighted by atomic mass is 9.85. The van der Waals surface area contributed by atoms with E-state index in [-0.39, 0.29) is 22.3 Å². The van der Waals surface area contributed by atoms with Crippen LogP contribution in [0.2, 0.25) is 5.02 Å². The van der Waals surface area contributed by atoms with Gasteiger partial charge in [0.1, 0.15) is 5.82 Å². The van der Waals surface area contributed by atoms with Gasteiger partial charge in [0.2, 0.25) is 0 Å². The summed E-state index contributed by atoms with van der Waals surface area (Å²) < 4.78 is 13.8. The average molecular weight is 272 g/mol. The van der Waals surface area contributed by atoms with Gasteiger partial charge in [0.25, 0.3) is 0 Å². The molecule has 0 amide bonds. The van der Waals surface area contributed by atoms with Gasteiger partial charge >= 0.3 is 0 Å². The molecule has 1 aromatic rings. The summed E-state index contributed by atoms with van der Waals surface area (Å²) in [4.78, 5) is 0. The molecule has 1 rings (SSSR count). The molecule has 0 aliphatic heterocycles. The van der Waals surface area contributed by atoms with E-state index in [9.17, 15) is 4.39 Å². The van der Waals surface area contributed by atoms with Crippen LogP contribution in [0.25, 0.3) is 0 Å². The topological polar surface area (TPSA) is 26.0 Å². The van der Waals surface area contributed by atoms with Gasteiger partial charge in [0, 0.05) is 6.04 Å². The summed E-state index contributed by atoms with van der Waals surface area (Å²) in [5.74, 6) is -0.320. The maximum absolute atomic E-state index is 13.8. The molecule has 18 heavy (non-hydrogen) atoms. The summed E-state index contributed by atoms with van der Waals surface area (Å²) in [5, 5.41) is 0.249. The van der Waals surface area contributed by atoms with Gasteiger partial charge in [0.05, 0.1) is 5.02 Å². The standard InChI is InChI=1S/C15H23ClFN/c1-10(18)6-5-7-11-8-12(15(2,3)4)14(16)13(17)9-11/h8-10H,5-7,18H2,1-4H3/t10-/m0/s1. The third-order valence-corrected chi connectivity index (χ3v) is 3.41. The number of hydrogen-bond donors (Lipinski definition) is 1. The van der Waals surface area contributed by atoms with E-state index in [1.165, 1.54) is 0 Å². The zero-order chi connectivity index (χ0) is 13.9. The zero-order valence-corrected chi connectivity index (χ0v) is 12.4. The van der Waals surface area contributed by atoms with Crippen LogP contribution in [0.5, 0.6) is 0 Å². The molecule has 0 aliphatic carbocycles. The zero-order valence-electron chi connectivity index (χ0n) is 11.7. The van der Waals surface area contributed by atoms with Crippen molar-refractivity contribution in [3.8, 4) is 0 Å². The van der Waals surface area contributed by atoms with Gasteiger partial charge in [-0.25, -0.2) is 4.39 Å². The Bertz CT molecular complexity index is 408. The fourth-order valence-corrected chi connectivity index (χ4v) is 2.36. The largest absolute Gasteiger partial charge is 0.328 e. The van der Waals surface area contributed by atoms with Crippen LogP contribution in [0.15, 0.2) is 12.1 Å². The first kappa shape index (κ1) is 15.5. The van der Waals surface area contributed by atoms with Crippen LogP contribution < -0.4 is 5.73 Å². The summed E-state index contributed by atoms with van der Waals surface area (Å²) in [6.07, 6.45) is 2.77. The van der Waals surface area contributed by atoms with E-state index in [2.05, 4.69) is 0 Å². The smallest absolute Gasteiger partial charge is 0.142 e. The van der Waals surface area contributed by atoms with Crippen molar-refractivity contribution in [3.63, 3.8) is 0 Å². The Labute approximate surface area is 115 Å². The van der Waals surface area contributed by atoms with Crippen molar-refractivity contribution in [3.05, 3.63) is 34.1 Å². The fraction of sp³-hybridized carbons (Fsp3) is 0.600. The van der Waals surface area contributed by atoms with E-state index in [0.29, 0.717) is 0 Å². The molecular formula is C15H23ClFN. The van der Waals surface area contributed by atoms with Crippen LogP contribution in [0.3, 0.4) is 0 Å². The first-order valence-electron chi connectivity index (χ1n) is 6.46. The van der Waals surface area contributed by atoms with Crippen molar-refractivity contribution >= 4 is 11.6 Å². The van der Waals surface area contributed by atoms with Gasteiger partial charge in [-0.1, -0.05) is 38.4 Å². The molecule has 1 atom stereocenters. The van der Waals surface area contributed by atoms with Gasteiger partial charge in [-0.3, -0.25) is 0 Å². The summed E-state index contributed by atoms with van der Waals surface area (Å²) in [7, 11) is 0. The van der Waals surface area contributed by atoms with Crippen LogP contribution in [0, 0.1) is 5.82 Å². The van der Waals surface area contributed by atoms with E-state index in [4.69, 9.17) is 17.3 Å². The molecule has 3 heteroatoms. The molecule has 0 aromatic heterocycles. The molecule has 0 radical (unpaired) electrons. The van der Waals surface area contributed by atoms with Gasteiger partial charge < -0.3 is 5.73 Å². The number of nitrogens with two attached hydrogens (primary N) is 1. The normalized spacial score (nSPS) is 13.7. The third kappa shape index (κ3) is 4.25. The number of hydrogen-bond acceptors (Lipinski definition) is 1. The molecular weight excluding hydrogens is 249 g/mol. The predicted octanol–water partition coefficient (Wildman–Crippen LogP) is 4.45. The summed E-state index contributed by atoms with van der Waals surface area (Å²) in [5.41, 5.74) is 7.45. The van der Waals surface area contributed by atoms with Crippen LogP contribution in [-0.4, -0.2) is 6.04 Å². The highest BCUT2D eigenvalue weighted by atomic mass is 35.5. The Balaban J connectivity index is 2.91. The van der Waals surface area contributed by atoms with Crippen LogP contribution in [0.1, 0.15) is 51.7 Å². The number of aryl methyl sites for hydroxylation is 1. The van der Waals surface area contributed by atoms with Crippen molar-refractivity contribution in [2.45, 2.75) is 58.4 Å². The Morgan fingerprint density at radius 1 is 1.33 bits per heavy atom. The molecule has 0 fully saturated rings. The minimum Gasteiger partial charge on any atom is -0.328 e. The highest BCUT2D eigenvalue weighted by Crippen LogP contribution is 2.32. The number of benzene rings is 1. The number of rotatable bonds is 4. The minimum absolute atomic E-state index is 0.144. The molecule has 2 N–H and O–H groups in total. The quantitative estimate of drug-likeness (QED) is 0.860. The van der Waals surface area contributed by atoms with Gasteiger partial charge in [0.15, 0.2) is 0 Å². The minimum atomic E-state index is -0.320. The van der Waals surface area contributed by atoms with Crippen molar-refractivity contribution < 1.29 is 4.39 Å². The molecule has 1 nitrogen and oxygen atoms in total. The van der Waals surface area contributed by atoms with E-state index in [1.54, 1.807) is 6.07 Å². The molecule has 102 valence electrons. The van der Waals surface area contributed by atoms with E-state index < -0.39 is 0 Å². The van der Waals surface area contributed by atoms with Crippen molar-refractivity contribution in [2.24, 2.45) is 5.73 Å². The number of halogens is 2. The van der Waals surface area contributed by atoms with Crippen molar-refractivity contribution in [1.29, 1.82) is 0 Å². The molecule has 1 aromatic carbocycles. The lowest BCUT2D eigenvalue weighted by Gasteiger charge is -2.22. The molecule has 0 bridgehead atoms. The van der Waals surface area contributed by atoms with Crippen LogP contribution in [0.4, 0.5) is 4.39 Å². The van der Waals surface area contributed by atoms with E-state index >= 15 is 0 Å². The average Bonchev–Trinajstić information content (AvgIpc) is 2.20. The van der Waals surface area contributed by atoms with E-state index in [0.717, 1.165) is 30.4 Å². The van der Waals surface area contributed by atoms with Crippen molar-refractivity contribution in [1.82, 2.24) is 0 Å². The Morgan fingerprint density at radius 2 is 1.94 bits per heavy atom. The molecule has 0 unspecified atom stereocenters. The Kier molecular flexibility index (Phi) is 5.18. The second kappa shape index (κ2) is 6.03. The Hall–Kier alpha value is -0.600.